The van der Waals surface area contributed by atoms with Crippen LogP contribution >= 0.6 is 0 Å². The molecule has 3 nitrogen and oxygen atoms in total. The molecule has 2 rings (SSSR count). The number of carbonyl (C=O) groups is 1. The maximum Gasteiger partial charge on any atom is 0.148 e. The Morgan fingerprint density at radius 2 is 2.00 bits per heavy atom. The Bertz CT molecular complexity index is 512. The predicted molar refractivity (Wildman–Crippen MR) is 76.8 cm³/mol. The highest BCUT2D eigenvalue weighted by Crippen LogP contribution is 2.25. The highest BCUT2D eigenvalue weighted by atomic mass is 16.5. The lowest BCUT2D eigenvalue weighted by Gasteiger charge is -2.18. The van der Waals surface area contributed by atoms with Crippen LogP contribution in [0, 0.1) is 6.92 Å². The topological polar surface area (TPSA) is 38.3 Å². The molecule has 0 radical (unpaired) electrons. The molecule has 3 heteroatoms. The van der Waals surface area contributed by atoms with Gasteiger partial charge in [0.1, 0.15) is 6.29 Å². The summed E-state index contributed by atoms with van der Waals surface area (Å²) in [6, 6.07) is 8.10. The maximum absolute atomic E-state index is 11.1. The predicted octanol–water partition coefficient (Wildman–Crippen LogP) is 3.57. The van der Waals surface area contributed by atoms with Crippen molar-refractivity contribution in [2.75, 3.05) is 11.9 Å². The lowest BCUT2D eigenvalue weighted by atomic mass is 10.0. The summed E-state index contributed by atoms with van der Waals surface area (Å²) in [6.07, 6.45) is 4.37. The van der Waals surface area contributed by atoms with Gasteiger partial charge in [0.15, 0.2) is 0 Å². The van der Waals surface area contributed by atoms with E-state index in [-0.39, 0.29) is 0 Å². The zero-order valence-corrected chi connectivity index (χ0v) is 11.4. The summed E-state index contributed by atoms with van der Waals surface area (Å²) in [7, 11) is 0. The van der Waals surface area contributed by atoms with E-state index in [0.29, 0.717) is 6.61 Å². The van der Waals surface area contributed by atoms with E-state index in [1.165, 1.54) is 5.56 Å². The summed E-state index contributed by atoms with van der Waals surface area (Å²) >= 11 is 0. The number of aldehydes is 1. The molecule has 0 unspecified atom stereocenters. The Kier molecular flexibility index (Phi) is 4.39. The minimum absolute atomic E-state index is 0.653. The minimum atomic E-state index is 0.653. The van der Waals surface area contributed by atoms with Crippen molar-refractivity contribution in [3.63, 3.8) is 0 Å². The molecule has 19 heavy (non-hydrogen) atoms. The van der Waals surface area contributed by atoms with E-state index in [1.807, 2.05) is 44.2 Å². The molecule has 0 bridgehead atoms. The lowest BCUT2D eigenvalue weighted by molar-refractivity contribution is -0.105. The number of benzene rings is 1. The van der Waals surface area contributed by atoms with E-state index in [9.17, 15) is 4.79 Å². The van der Waals surface area contributed by atoms with Crippen LogP contribution in [0.4, 0.5) is 5.69 Å². The van der Waals surface area contributed by atoms with Crippen molar-refractivity contribution in [1.29, 1.82) is 0 Å². The first-order valence-corrected chi connectivity index (χ1v) is 6.58. The molecule has 0 heterocycles. The molecular weight excluding hydrogens is 238 g/mol. The quantitative estimate of drug-likeness (QED) is 0.819. The highest BCUT2D eigenvalue weighted by molar-refractivity contribution is 5.78. The number of carbonyl (C=O) groups excluding carboxylic acids is 1. The van der Waals surface area contributed by atoms with Crippen molar-refractivity contribution in [2.24, 2.45) is 0 Å². The third-order valence-corrected chi connectivity index (χ3v) is 3.09. The fourth-order valence-corrected chi connectivity index (χ4v) is 2.05. The van der Waals surface area contributed by atoms with Gasteiger partial charge in [-0.3, -0.25) is 4.79 Å². The second-order valence-corrected chi connectivity index (χ2v) is 4.59. The molecule has 0 saturated heterocycles. The second-order valence-electron chi connectivity index (χ2n) is 4.59. The molecule has 1 N–H and O–H groups in total. The Morgan fingerprint density at radius 1 is 1.26 bits per heavy atom. The Hall–Kier alpha value is -2.03. The normalized spacial score (nSPS) is 14.9. The van der Waals surface area contributed by atoms with E-state index < -0.39 is 0 Å². The van der Waals surface area contributed by atoms with E-state index in [4.69, 9.17) is 4.74 Å². The number of anilines is 1. The smallest absolute Gasteiger partial charge is 0.148 e. The molecule has 0 aliphatic heterocycles. The van der Waals surface area contributed by atoms with E-state index >= 15 is 0 Å². The van der Waals surface area contributed by atoms with Crippen molar-refractivity contribution in [3.8, 4) is 0 Å². The van der Waals surface area contributed by atoms with E-state index in [0.717, 1.165) is 41.8 Å². The average Bonchev–Trinajstić information content (AvgIpc) is 2.42. The van der Waals surface area contributed by atoms with Crippen molar-refractivity contribution in [3.05, 3.63) is 52.9 Å². The Balaban J connectivity index is 2.21. The van der Waals surface area contributed by atoms with Gasteiger partial charge >= 0.3 is 0 Å². The van der Waals surface area contributed by atoms with Gasteiger partial charge in [0, 0.05) is 23.4 Å². The van der Waals surface area contributed by atoms with Gasteiger partial charge in [-0.2, -0.15) is 0 Å². The van der Waals surface area contributed by atoms with Crippen molar-refractivity contribution < 1.29 is 9.53 Å². The number of hydrogen-bond donors (Lipinski definition) is 1. The van der Waals surface area contributed by atoms with Crippen LogP contribution in [0.25, 0.3) is 0 Å². The van der Waals surface area contributed by atoms with Gasteiger partial charge in [0.25, 0.3) is 0 Å². The molecule has 0 aromatic heterocycles. The molecule has 0 fully saturated rings. The van der Waals surface area contributed by atoms with Gasteiger partial charge in [0.2, 0.25) is 0 Å². The van der Waals surface area contributed by atoms with Gasteiger partial charge < -0.3 is 10.1 Å². The van der Waals surface area contributed by atoms with Crippen molar-refractivity contribution in [1.82, 2.24) is 0 Å². The summed E-state index contributed by atoms with van der Waals surface area (Å²) in [5, 5.41) is 3.29. The van der Waals surface area contributed by atoms with Crippen molar-refractivity contribution >= 4 is 12.0 Å². The number of ether oxygens (including phenoxy) is 1. The van der Waals surface area contributed by atoms with Crippen molar-refractivity contribution in [2.45, 2.75) is 26.7 Å². The van der Waals surface area contributed by atoms with Gasteiger partial charge in [-0.1, -0.05) is 17.7 Å². The highest BCUT2D eigenvalue weighted by Gasteiger charge is 2.14. The molecule has 1 aliphatic rings. The maximum atomic E-state index is 11.1. The van der Waals surface area contributed by atoms with Crippen LogP contribution in [0.1, 0.15) is 25.3 Å². The van der Waals surface area contributed by atoms with Crippen LogP contribution in [0.15, 0.2) is 47.4 Å². The molecule has 100 valence electrons. The molecule has 0 atom stereocenters. The number of rotatable bonds is 5. The van der Waals surface area contributed by atoms with Crippen LogP contribution in [0.2, 0.25) is 0 Å². The van der Waals surface area contributed by atoms with Gasteiger partial charge in [0.05, 0.1) is 12.4 Å². The van der Waals surface area contributed by atoms with Gasteiger partial charge in [-0.05, 0) is 38.5 Å². The van der Waals surface area contributed by atoms with E-state index in [2.05, 4.69) is 5.32 Å². The third kappa shape index (κ3) is 3.47. The zero-order chi connectivity index (χ0) is 13.7. The summed E-state index contributed by atoms with van der Waals surface area (Å²) in [5.41, 5.74) is 3.83. The molecule has 1 aliphatic carbocycles. The Labute approximate surface area is 114 Å². The summed E-state index contributed by atoms with van der Waals surface area (Å²) < 4.78 is 5.53. The fourth-order valence-electron chi connectivity index (χ4n) is 2.05. The standard InChI is InChI=1S/C16H19NO2/c1-3-19-15-9-6-13(11-18)16(10-15)17-14-7-4-12(2)5-8-14/h4-5,7-8,10-11,17H,3,6,9H2,1-2H3. The Morgan fingerprint density at radius 3 is 2.63 bits per heavy atom. The fraction of sp³-hybridized carbons (Fsp3) is 0.312. The van der Waals surface area contributed by atoms with Crippen LogP contribution in [-0.4, -0.2) is 12.9 Å². The number of nitrogens with one attached hydrogen (secondary N) is 1. The number of hydrogen-bond acceptors (Lipinski definition) is 3. The van der Waals surface area contributed by atoms with Gasteiger partial charge in [-0.25, -0.2) is 0 Å². The lowest BCUT2D eigenvalue weighted by Crippen LogP contribution is -2.09. The first-order chi connectivity index (χ1) is 9.22. The number of allylic oxidation sites excluding steroid dienone is 3. The van der Waals surface area contributed by atoms with Crippen LogP contribution < -0.4 is 5.32 Å². The summed E-state index contributed by atoms with van der Waals surface area (Å²) in [6.45, 7) is 4.67. The zero-order valence-electron chi connectivity index (χ0n) is 11.4. The van der Waals surface area contributed by atoms with Gasteiger partial charge in [-0.15, -0.1) is 0 Å². The third-order valence-electron chi connectivity index (χ3n) is 3.09. The minimum Gasteiger partial charge on any atom is -0.498 e. The monoisotopic (exact) mass is 257 g/mol. The van der Waals surface area contributed by atoms with Crippen LogP contribution in [0.5, 0.6) is 0 Å². The van der Waals surface area contributed by atoms with Crippen LogP contribution in [-0.2, 0) is 9.53 Å². The summed E-state index contributed by atoms with van der Waals surface area (Å²) in [4.78, 5) is 11.1. The molecule has 0 spiro atoms. The largest absolute Gasteiger partial charge is 0.498 e. The molecule has 0 saturated carbocycles. The molecule has 1 aromatic carbocycles. The molecule has 0 amide bonds. The molecular formula is C16H19NO2. The SMILES string of the molecule is CCOC1=CC(Nc2ccc(C)cc2)=C(C=O)CC1. The first-order valence-electron chi connectivity index (χ1n) is 6.58. The first kappa shape index (κ1) is 13.4. The average molecular weight is 257 g/mol. The van der Waals surface area contributed by atoms with E-state index in [1.54, 1.807) is 0 Å². The number of aryl methyl sites for hydroxylation is 1. The summed E-state index contributed by atoms with van der Waals surface area (Å²) in [5.74, 6) is 0.933. The second kappa shape index (κ2) is 6.23. The molecule has 1 aromatic rings. The van der Waals surface area contributed by atoms with Crippen LogP contribution in [0.3, 0.4) is 0 Å².